The zero-order valence-corrected chi connectivity index (χ0v) is 12.2. The summed E-state index contributed by atoms with van der Waals surface area (Å²) in [5.74, 6) is 0.813. The summed E-state index contributed by atoms with van der Waals surface area (Å²) >= 11 is 0. The van der Waals surface area contributed by atoms with E-state index in [0.29, 0.717) is 13.2 Å². The molecule has 21 heavy (non-hydrogen) atoms. The normalized spacial score (nSPS) is 17.8. The first-order chi connectivity index (χ1) is 10.3. The first kappa shape index (κ1) is 14.3. The molecule has 112 valence electrons. The average molecular weight is 286 g/mol. The number of β-amino-alcohol motifs (C(OH)–C–C–N with tert-alkyl or cyclic N) is 1. The lowest BCUT2D eigenvalue weighted by Gasteiger charge is -2.29. The van der Waals surface area contributed by atoms with Crippen LogP contribution >= 0.6 is 0 Å². The zero-order chi connectivity index (χ0) is 14.5. The quantitative estimate of drug-likeness (QED) is 0.874. The summed E-state index contributed by atoms with van der Waals surface area (Å²) in [5.41, 5.74) is 0. The Kier molecular flexibility index (Phi) is 4.70. The maximum Gasteiger partial charge on any atom is 0.120 e. The highest BCUT2D eigenvalue weighted by molar-refractivity contribution is 5.83. The Morgan fingerprint density at radius 3 is 2.67 bits per heavy atom. The zero-order valence-electron chi connectivity index (χ0n) is 12.2. The molecule has 0 bridgehead atoms. The van der Waals surface area contributed by atoms with Gasteiger partial charge in [-0.25, -0.2) is 0 Å². The summed E-state index contributed by atoms with van der Waals surface area (Å²) in [5, 5.41) is 15.8. The van der Waals surface area contributed by atoms with E-state index in [-0.39, 0.29) is 0 Å². The molecule has 4 heteroatoms. The Bertz CT molecular complexity index is 582. The second-order valence-corrected chi connectivity index (χ2v) is 5.52. The molecule has 4 nitrogen and oxygen atoms in total. The Morgan fingerprint density at radius 1 is 1.10 bits per heavy atom. The number of ether oxygens (including phenoxy) is 1. The standard InChI is InChI=1S/C17H22N2O2/c20-16(12-19-9-7-18-8-10-19)13-21-17-6-5-14-3-1-2-4-15(14)11-17/h1-6,11,16,18,20H,7-10,12-13H2/t16-/m0/s1. The van der Waals surface area contributed by atoms with Crippen LogP contribution in [0.15, 0.2) is 42.5 Å². The molecule has 0 spiro atoms. The van der Waals surface area contributed by atoms with Crippen molar-refractivity contribution in [3.8, 4) is 5.75 Å². The van der Waals surface area contributed by atoms with Crippen LogP contribution in [0.3, 0.4) is 0 Å². The molecule has 1 saturated heterocycles. The van der Waals surface area contributed by atoms with Crippen LogP contribution in [0, 0.1) is 0 Å². The molecule has 0 saturated carbocycles. The third kappa shape index (κ3) is 3.94. The van der Waals surface area contributed by atoms with E-state index < -0.39 is 6.10 Å². The number of rotatable bonds is 5. The van der Waals surface area contributed by atoms with Crippen LogP contribution < -0.4 is 10.1 Å². The Morgan fingerprint density at radius 2 is 1.86 bits per heavy atom. The minimum Gasteiger partial charge on any atom is -0.491 e. The van der Waals surface area contributed by atoms with E-state index in [4.69, 9.17) is 4.74 Å². The maximum absolute atomic E-state index is 10.1. The summed E-state index contributed by atoms with van der Waals surface area (Å²) in [6.45, 7) is 4.99. The molecule has 1 heterocycles. The van der Waals surface area contributed by atoms with Gasteiger partial charge in [-0.05, 0) is 22.9 Å². The molecule has 2 N–H and O–H groups in total. The van der Waals surface area contributed by atoms with E-state index in [1.165, 1.54) is 5.39 Å². The summed E-state index contributed by atoms with van der Waals surface area (Å²) in [4.78, 5) is 2.27. The van der Waals surface area contributed by atoms with Gasteiger partial charge in [0.05, 0.1) is 0 Å². The highest BCUT2D eigenvalue weighted by Gasteiger charge is 2.14. The summed E-state index contributed by atoms with van der Waals surface area (Å²) in [7, 11) is 0. The fourth-order valence-electron chi connectivity index (χ4n) is 2.69. The highest BCUT2D eigenvalue weighted by atomic mass is 16.5. The van der Waals surface area contributed by atoms with E-state index in [1.807, 2.05) is 30.3 Å². The van der Waals surface area contributed by atoms with Crippen molar-refractivity contribution in [3.05, 3.63) is 42.5 Å². The van der Waals surface area contributed by atoms with Gasteiger partial charge in [0.25, 0.3) is 0 Å². The van der Waals surface area contributed by atoms with Crippen LogP contribution in [0.1, 0.15) is 0 Å². The van der Waals surface area contributed by atoms with Gasteiger partial charge in [-0.2, -0.15) is 0 Å². The van der Waals surface area contributed by atoms with E-state index in [2.05, 4.69) is 22.3 Å². The molecule has 0 amide bonds. The van der Waals surface area contributed by atoms with Crippen LogP contribution in [0.4, 0.5) is 0 Å². The monoisotopic (exact) mass is 286 g/mol. The van der Waals surface area contributed by atoms with Crippen molar-refractivity contribution in [2.24, 2.45) is 0 Å². The second-order valence-electron chi connectivity index (χ2n) is 5.52. The van der Waals surface area contributed by atoms with Gasteiger partial charge in [-0.15, -0.1) is 0 Å². The van der Waals surface area contributed by atoms with Gasteiger partial charge in [0.2, 0.25) is 0 Å². The molecule has 1 aliphatic rings. The molecule has 0 radical (unpaired) electrons. The summed E-state index contributed by atoms with van der Waals surface area (Å²) in [6.07, 6.45) is -0.449. The van der Waals surface area contributed by atoms with Crippen LogP contribution in [-0.4, -0.2) is 55.4 Å². The molecule has 2 aromatic rings. The first-order valence-corrected chi connectivity index (χ1v) is 7.54. The van der Waals surface area contributed by atoms with Crippen molar-refractivity contribution in [2.75, 3.05) is 39.3 Å². The fourth-order valence-corrected chi connectivity index (χ4v) is 2.69. The second kappa shape index (κ2) is 6.89. The molecule has 0 aliphatic carbocycles. The molecule has 3 rings (SSSR count). The van der Waals surface area contributed by atoms with Gasteiger partial charge in [0.1, 0.15) is 18.5 Å². The number of aliphatic hydroxyl groups is 1. The molecule has 1 fully saturated rings. The Balaban J connectivity index is 1.53. The molecule has 1 atom stereocenters. The van der Waals surface area contributed by atoms with Crippen molar-refractivity contribution in [1.82, 2.24) is 10.2 Å². The maximum atomic E-state index is 10.1. The Labute approximate surface area is 125 Å². The van der Waals surface area contributed by atoms with Crippen LogP contribution in [0.2, 0.25) is 0 Å². The third-order valence-corrected chi connectivity index (χ3v) is 3.84. The molecular weight excluding hydrogens is 264 g/mol. The van der Waals surface area contributed by atoms with Gasteiger partial charge >= 0.3 is 0 Å². The third-order valence-electron chi connectivity index (χ3n) is 3.84. The van der Waals surface area contributed by atoms with E-state index in [0.717, 1.165) is 37.3 Å². The van der Waals surface area contributed by atoms with Gasteiger partial charge in [0.15, 0.2) is 0 Å². The van der Waals surface area contributed by atoms with Crippen molar-refractivity contribution in [2.45, 2.75) is 6.10 Å². The number of benzene rings is 2. The van der Waals surface area contributed by atoms with Crippen molar-refractivity contribution in [1.29, 1.82) is 0 Å². The van der Waals surface area contributed by atoms with Gasteiger partial charge < -0.3 is 15.2 Å². The lowest BCUT2D eigenvalue weighted by molar-refractivity contribution is 0.0642. The van der Waals surface area contributed by atoms with Crippen LogP contribution in [0.25, 0.3) is 10.8 Å². The number of fused-ring (bicyclic) bond motifs is 1. The summed E-state index contributed by atoms with van der Waals surface area (Å²) < 4.78 is 5.73. The van der Waals surface area contributed by atoms with Gasteiger partial charge in [-0.3, -0.25) is 4.90 Å². The number of hydrogen-bond acceptors (Lipinski definition) is 4. The van der Waals surface area contributed by atoms with Crippen molar-refractivity contribution >= 4 is 10.8 Å². The average Bonchev–Trinajstić information content (AvgIpc) is 2.54. The number of aliphatic hydroxyl groups excluding tert-OH is 1. The molecule has 2 aromatic carbocycles. The highest BCUT2D eigenvalue weighted by Crippen LogP contribution is 2.20. The van der Waals surface area contributed by atoms with E-state index >= 15 is 0 Å². The molecule has 1 aliphatic heterocycles. The van der Waals surface area contributed by atoms with Crippen molar-refractivity contribution in [3.63, 3.8) is 0 Å². The predicted molar refractivity (Wildman–Crippen MR) is 84.8 cm³/mol. The fraction of sp³-hybridized carbons (Fsp3) is 0.412. The molecule has 0 unspecified atom stereocenters. The number of nitrogens with one attached hydrogen (secondary N) is 1. The molecule has 0 aromatic heterocycles. The van der Waals surface area contributed by atoms with Crippen LogP contribution in [-0.2, 0) is 0 Å². The SMILES string of the molecule is O[C@H](COc1ccc2ccccc2c1)CN1CCNCC1. The molecular formula is C17H22N2O2. The lowest BCUT2D eigenvalue weighted by Crippen LogP contribution is -2.47. The van der Waals surface area contributed by atoms with E-state index in [1.54, 1.807) is 0 Å². The predicted octanol–water partition coefficient (Wildman–Crippen LogP) is 1.48. The van der Waals surface area contributed by atoms with Gasteiger partial charge in [-0.1, -0.05) is 30.3 Å². The number of hydrogen-bond donors (Lipinski definition) is 2. The van der Waals surface area contributed by atoms with Crippen LogP contribution in [0.5, 0.6) is 5.75 Å². The minimum atomic E-state index is -0.449. The van der Waals surface area contributed by atoms with Gasteiger partial charge in [0, 0.05) is 32.7 Å². The first-order valence-electron chi connectivity index (χ1n) is 7.54. The Hall–Kier alpha value is -1.62. The smallest absolute Gasteiger partial charge is 0.120 e. The largest absolute Gasteiger partial charge is 0.491 e. The minimum absolute atomic E-state index is 0.336. The van der Waals surface area contributed by atoms with Crippen molar-refractivity contribution < 1.29 is 9.84 Å². The number of nitrogens with zero attached hydrogens (tertiary/aromatic N) is 1. The topological polar surface area (TPSA) is 44.7 Å². The number of piperazine rings is 1. The lowest BCUT2D eigenvalue weighted by atomic mass is 10.1. The van der Waals surface area contributed by atoms with E-state index in [9.17, 15) is 5.11 Å². The summed E-state index contributed by atoms with van der Waals surface area (Å²) in [6, 6.07) is 14.2.